The van der Waals surface area contributed by atoms with E-state index in [0.717, 1.165) is 77.0 Å². The summed E-state index contributed by atoms with van der Waals surface area (Å²) in [7, 11) is 0. The fourth-order valence-corrected chi connectivity index (χ4v) is 24.0. The normalized spacial score (nSPS) is 21.6. The van der Waals surface area contributed by atoms with Gasteiger partial charge in [0.05, 0.1) is 128 Å². The Labute approximate surface area is 816 Å². The van der Waals surface area contributed by atoms with E-state index in [1.54, 1.807) is 12.1 Å². The average Bonchev–Trinajstić information content (AvgIpc) is 0.805. The number of nitrogens with one attached hydrogen (secondary N) is 6. The van der Waals surface area contributed by atoms with Crippen LogP contribution in [0, 0.1) is 16.2 Å². The Morgan fingerprint density at radius 2 is 0.407 bits per heavy atom. The number of ether oxygens (including phenoxy) is 13. The van der Waals surface area contributed by atoms with E-state index >= 15 is 33.6 Å². The van der Waals surface area contributed by atoms with Crippen LogP contribution in [0.15, 0.2) is 18.2 Å². The number of hydrogen-bond acceptors (Lipinski definition) is 26. The summed E-state index contributed by atoms with van der Waals surface area (Å²) in [5.41, 5.74) is -5.07. The van der Waals surface area contributed by atoms with Crippen LogP contribution in [0.25, 0.3) is 0 Å². The molecule has 6 fully saturated rings. The van der Waals surface area contributed by atoms with Gasteiger partial charge in [-0.1, -0.05) is 65.4 Å². The molecule has 0 aliphatic carbocycles. The Kier molecular flexibility index (Phi) is 44.5. The summed E-state index contributed by atoms with van der Waals surface area (Å²) in [6.45, 7) is 60.5. The molecule has 0 saturated carbocycles. The number of unbranched alkanes of at least 4 members (excludes halogenated alkanes) is 3. The lowest BCUT2D eigenvalue weighted by Gasteiger charge is -2.46. The average molecular weight is 1910 g/mol. The van der Waals surface area contributed by atoms with Gasteiger partial charge in [0.15, 0.2) is 16.2 Å². The van der Waals surface area contributed by atoms with Gasteiger partial charge in [0, 0.05) is 105 Å². The maximum Gasteiger partial charge on any atom is 0.338 e. The summed E-state index contributed by atoms with van der Waals surface area (Å²) in [6.07, 6.45) is 17.8. The molecule has 0 radical (unpaired) electrons. The maximum atomic E-state index is 15.2. The van der Waals surface area contributed by atoms with Gasteiger partial charge in [-0.3, -0.25) is 28.8 Å². The van der Waals surface area contributed by atoms with E-state index in [1.165, 1.54) is 0 Å². The number of piperidine rings is 6. The van der Waals surface area contributed by atoms with Gasteiger partial charge in [0.1, 0.15) is 0 Å². The van der Waals surface area contributed by atoms with Crippen molar-refractivity contribution in [1.29, 1.82) is 0 Å². The number of carbonyl (C=O) groups excluding carboxylic acids is 7. The number of rotatable bonds is 58. The van der Waals surface area contributed by atoms with Crippen LogP contribution in [-0.4, -0.2) is 231 Å². The molecule has 6 aliphatic rings. The Balaban J connectivity index is 1.19. The van der Waals surface area contributed by atoms with Crippen molar-refractivity contribution in [3.8, 4) is 0 Å². The molecule has 0 aromatic heterocycles. The van der Waals surface area contributed by atoms with Gasteiger partial charge < -0.3 is 93.5 Å². The van der Waals surface area contributed by atoms with E-state index in [0.29, 0.717) is 128 Å². The molecule has 6 N–H and O–H groups in total. The molecule has 0 amide bonds. The Bertz CT molecular complexity index is 3410. The lowest BCUT2D eigenvalue weighted by atomic mass is 9.77. The smallest absolute Gasteiger partial charge is 0.338 e. The van der Waals surface area contributed by atoms with E-state index in [2.05, 4.69) is 198 Å². The van der Waals surface area contributed by atoms with Crippen LogP contribution in [0.1, 0.15) is 420 Å². The number of aryl methyl sites for hydroxylation is 2. The molecule has 26 heteroatoms. The van der Waals surface area contributed by atoms with E-state index < -0.39 is 58.0 Å². The van der Waals surface area contributed by atoms with Crippen LogP contribution >= 0.6 is 0 Å². The first-order chi connectivity index (χ1) is 62.8. The Morgan fingerprint density at radius 1 is 0.237 bits per heavy atom. The van der Waals surface area contributed by atoms with Gasteiger partial charge in [-0.15, -0.1) is 0 Å². The molecule has 1 aromatic rings. The van der Waals surface area contributed by atoms with Crippen molar-refractivity contribution in [2.45, 2.75) is 515 Å². The number of benzene rings is 1. The van der Waals surface area contributed by atoms with Gasteiger partial charge in [-0.2, -0.15) is 0 Å². The lowest BCUT2D eigenvalue weighted by Crippen LogP contribution is -2.59. The first kappa shape index (κ1) is 117. The molecule has 6 aliphatic heterocycles. The topological polar surface area (TPSA) is 312 Å². The Morgan fingerprint density at radius 3 is 0.593 bits per heavy atom. The highest BCUT2D eigenvalue weighted by atomic mass is 16.6. The third-order valence-electron chi connectivity index (χ3n) is 27.8. The first-order valence-electron chi connectivity index (χ1n) is 52.6. The summed E-state index contributed by atoms with van der Waals surface area (Å²) in [6, 6.07) is 5.54. The van der Waals surface area contributed by atoms with Crippen molar-refractivity contribution in [3.05, 3.63) is 34.9 Å². The molecule has 6 heterocycles. The van der Waals surface area contributed by atoms with Crippen molar-refractivity contribution in [1.82, 2.24) is 31.9 Å². The molecular weight excluding hydrogens is 1710 g/mol. The molecule has 1 aromatic carbocycles. The zero-order valence-corrected chi connectivity index (χ0v) is 89.8. The standard InChI is InChI=1S/C109H192N6O20/c1-28-31-45-107(89(117)130-58-37-52-123-82-67-95(4,5)110-96(6,7)68-82,90(118)131-59-38-53-124-83-69-97(8,9)111-98(10,11)70-83)48-34-43-79-64-80(44-35-49-108(46-32-29-2,91(119)132-60-39-54-125-84-71-99(12,13)112-100(14,15)72-84)92(120)133-61-40-55-126-85-73-101(16,17)113-102(18,19)74-85)66-81(65-79)88(116)129-51-36-50-109(47-33-30-3,93(121)134-62-41-56-127-86-75-103(20,21)114-104(22,23)76-86)94(122)135-63-42-57-128-87-77-105(24,25)115-106(26,27)78-87/h64-66,82-87,110-115H,28-63,67-78H2,1-27H3. The zero-order valence-electron chi connectivity index (χ0n) is 89.8. The van der Waals surface area contributed by atoms with Crippen molar-refractivity contribution in [2.24, 2.45) is 16.2 Å². The molecule has 0 atom stereocenters. The highest BCUT2D eigenvalue weighted by Gasteiger charge is 2.53. The summed E-state index contributed by atoms with van der Waals surface area (Å²) in [5.74, 6) is -4.68. The van der Waals surface area contributed by atoms with E-state index in [9.17, 15) is 0 Å². The number of carbonyl (C=O) groups is 7. The van der Waals surface area contributed by atoms with Crippen LogP contribution in [-0.2, 0) is 103 Å². The highest BCUT2D eigenvalue weighted by molar-refractivity contribution is 6.01. The van der Waals surface area contributed by atoms with E-state index in [4.69, 9.17) is 61.6 Å². The van der Waals surface area contributed by atoms with Crippen molar-refractivity contribution in [3.63, 3.8) is 0 Å². The molecule has 6 saturated heterocycles. The molecule has 0 bridgehead atoms. The van der Waals surface area contributed by atoms with Crippen LogP contribution in [0.2, 0.25) is 0 Å². The van der Waals surface area contributed by atoms with Crippen molar-refractivity contribution < 1.29 is 95.1 Å². The summed E-state index contributed by atoms with van der Waals surface area (Å²) in [5, 5.41) is 22.3. The second-order valence-corrected chi connectivity index (χ2v) is 49.2. The molecule has 26 nitrogen and oxygen atoms in total. The number of esters is 7. The fourth-order valence-electron chi connectivity index (χ4n) is 24.0. The van der Waals surface area contributed by atoms with Crippen molar-refractivity contribution in [2.75, 3.05) is 85.9 Å². The molecule has 0 unspecified atom stereocenters. The predicted molar refractivity (Wildman–Crippen MR) is 533 cm³/mol. The summed E-state index contributed by atoms with van der Waals surface area (Å²) >= 11 is 0. The van der Waals surface area contributed by atoms with E-state index in [-0.39, 0.29) is 226 Å². The summed E-state index contributed by atoms with van der Waals surface area (Å²) < 4.78 is 82.3. The van der Waals surface area contributed by atoms with E-state index in [1.807, 2.05) is 26.8 Å². The Hall–Kier alpha value is -4.97. The monoisotopic (exact) mass is 1910 g/mol. The lowest BCUT2D eigenvalue weighted by molar-refractivity contribution is -0.176. The van der Waals surface area contributed by atoms with Gasteiger partial charge in [-0.05, 0) is 337 Å². The predicted octanol–water partition coefficient (Wildman–Crippen LogP) is 19.4. The van der Waals surface area contributed by atoms with Crippen LogP contribution < -0.4 is 31.9 Å². The molecule has 7 rings (SSSR count). The fraction of sp³-hybridized carbons (Fsp3) is 0.881. The minimum Gasteiger partial charge on any atom is -0.465 e. The molecule has 778 valence electrons. The summed E-state index contributed by atoms with van der Waals surface area (Å²) in [4.78, 5) is 106. The van der Waals surface area contributed by atoms with Gasteiger partial charge >= 0.3 is 41.8 Å². The maximum absolute atomic E-state index is 15.2. The SMILES string of the molecule is CCCCC(CCCOC(=O)c1cc(CCCC(CCCC)(C(=O)OCCCOC2CC(C)(C)NC(C)(C)C2)C(=O)OCCCOC2CC(C)(C)NC(C)(C)C2)cc(CCCC(CCCC)(C(=O)OCCCOC2CC(C)(C)NC(C)(C)C2)C(=O)OCCCOC2CC(C)(C)NC(C)(C)C2)c1)(C(=O)OCCCOC1CC(C)(C)NC(C)(C)C1)C(=O)OCCCOC1CC(C)(C)NC(C)(C)C1. The zero-order chi connectivity index (χ0) is 100. The van der Waals surface area contributed by atoms with Crippen LogP contribution in [0.4, 0.5) is 0 Å². The van der Waals surface area contributed by atoms with Gasteiger partial charge in [-0.25, -0.2) is 4.79 Å². The second kappa shape index (κ2) is 51.3. The molecular formula is C109H192N6O20. The molecule has 135 heavy (non-hydrogen) atoms. The largest absolute Gasteiger partial charge is 0.465 e. The second-order valence-electron chi connectivity index (χ2n) is 49.2. The third-order valence-corrected chi connectivity index (χ3v) is 27.8. The first-order valence-corrected chi connectivity index (χ1v) is 52.6. The van der Waals surface area contributed by atoms with Crippen molar-refractivity contribution >= 4 is 41.8 Å². The third kappa shape index (κ3) is 40.0. The van der Waals surface area contributed by atoms with Gasteiger partial charge in [0.2, 0.25) is 0 Å². The minimum atomic E-state index is -1.74. The molecule has 0 spiro atoms. The minimum absolute atomic E-state index is 0.00457. The highest BCUT2D eigenvalue weighted by Crippen LogP contribution is 2.43. The van der Waals surface area contributed by atoms with Crippen LogP contribution in [0.3, 0.4) is 0 Å². The number of hydrogen-bond donors (Lipinski definition) is 6. The van der Waals surface area contributed by atoms with Gasteiger partial charge in [0.25, 0.3) is 0 Å². The van der Waals surface area contributed by atoms with Crippen LogP contribution in [0.5, 0.6) is 0 Å². The quantitative estimate of drug-likeness (QED) is 0.0153.